The van der Waals surface area contributed by atoms with Crippen molar-refractivity contribution in [2.24, 2.45) is 16.1 Å². The van der Waals surface area contributed by atoms with Crippen LogP contribution < -0.4 is 20.7 Å². The van der Waals surface area contributed by atoms with Crippen LogP contribution in [0.1, 0.15) is 84.5 Å². The molecule has 0 aliphatic heterocycles. The molecule has 1 aromatic rings. The Morgan fingerprint density at radius 2 is 1.50 bits per heavy atom. The SMILES string of the molecule is C1CCC(NC2CCCCC2)CC1.COc1ccc(N=NC(=O)NC(CC(C)C)C(=O)NCC(=O)O)cc1. The van der Waals surface area contributed by atoms with Crippen molar-refractivity contribution in [1.82, 2.24) is 16.0 Å². The maximum absolute atomic E-state index is 12.0. The number of carboxylic acids is 1. The van der Waals surface area contributed by atoms with Crippen molar-refractivity contribution in [3.05, 3.63) is 24.3 Å². The van der Waals surface area contributed by atoms with Crippen molar-refractivity contribution in [2.75, 3.05) is 13.7 Å². The van der Waals surface area contributed by atoms with E-state index in [1.54, 1.807) is 24.3 Å². The van der Waals surface area contributed by atoms with Gasteiger partial charge in [0.1, 0.15) is 18.3 Å². The van der Waals surface area contributed by atoms with Crippen LogP contribution in [0, 0.1) is 5.92 Å². The number of hydrogen-bond donors (Lipinski definition) is 4. The van der Waals surface area contributed by atoms with E-state index in [0.29, 0.717) is 17.9 Å². The van der Waals surface area contributed by atoms with Gasteiger partial charge in [0.25, 0.3) is 0 Å². The zero-order valence-corrected chi connectivity index (χ0v) is 23.1. The summed E-state index contributed by atoms with van der Waals surface area (Å²) >= 11 is 0. The van der Waals surface area contributed by atoms with Crippen LogP contribution in [0.4, 0.5) is 10.5 Å². The minimum absolute atomic E-state index is 0.111. The summed E-state index contributed by atoms with van der Waals surface area (Å²) in [5.74, 6) is -0.985. The smallest absolute Gasteiger partial charge is 0.360 e. The summed E-state index contributed by atoms with van der Waals surface area (Å²) < 4.78 is 5.01. The third-order valence-corrected chi connectivity index (χ3v) is 6.75. The van der Waals surface area contributed by atoms with Crippen LogP contribution in [0.2, 0.25) is 0 Å². The van der Waals surface area contributed by atoms with Crippen molar-refractivity contribution in [3.63, 3.8) is 0 Å². The molecule has 0 saturated heterocycles. The second-order valence-electron chi connectivity index (χ2n) is 10.5. The van der Waals surface area contributed by atoms with Crippen LogP contribution in [-0.4, -0.2) is 54.8 Å². The van der Waals surface area contributed by atoms with E-state index in [0.717, 1.165) is 12.1 Å². The number of aliphatic carboxylic acids is 1. The molecular weight excluding hydrogens is 486 g/mol. The number of ether oxygens (including phenoxy) is 1. The molecule has 0 aromatic heterocycles. The second-order valence-corrected chi connectivity index (χ2v) is 10.5. The quantitative estimate of drug-likeness (QED) is 0.300. The summed E-state index contributed by atoms with van der Waals surface area (Å²) in [4.78, 5) is 34.4. The Kier molecular flexibility index (Phi) is 14.4. The molecule has 4 N–H and O–H groups in total. The summed E-state index contributed by atoms with van der Waals surface area (Å²) in [6, 6.07) is 6.67. The summed E-state index contributed by atoms with van der Waals surface area (Å²) in [5.41, 5.74) is 0.451. The van der Waals surface area contributed by atoms with Gasteiger partial charge >= 0.3 is 12.0 Å². The van der Waals surface area contributed by atoms with Gasteiger partial charge in [-0.25, -0.2) is 4.79 Å². The molecule has 10 nitrogen and oxygen atoms in total. The van der Waals surface area contributed by atoms with Crippen LogP contribution in [0.15, 0.2) is 34.5 Å². The van der Waals surface area contributed by atoms with Gasteiger partial charge in [-0.1, -0.05) is 57.5 Å². The predicted molar refractivity (Wildman–Crippen MR) is 147 cm³/mol. The molecule has 0 radical (unpaired) electrons. The Morgan fingerprint density at radius 1 is 0.947 bits per heavy atom. The number of nitrogens with zero attached hydrogens (tertiary/aromatic N) is 2. The van der Waals surface area contributed by atoms with Gasteiger partial charge in [-0.15, -0.1) is 5.11 Å². The van der Waals surface area contributed by atoms with Gasteiger partial charge in [0.2, 0.25) is 5.91 Å². The van der Waals surface area contributed by atoms with Crippen molar-refractivity contribution in [2.45, 2.75) is 103 Å². The molecule has 1 unspecified atom stereocenters. The number of benzene rings is 1. The van der Waals surface area contributed by atoms with Crippen LogP contribution in [0.5, 0.6) is 5.75 Å². The molecule has 0 heterocycles. The lowest BCUT2D eigenvalue weighted by molar-refractivity contribution is -0.138. The van der Waals surface area contributed by atoms with Gasteiger partial charge in [0, 0.05) is 12.1 Å². The lowest BCUT2D eigenvalue weighted by Crippen LogP contribution is -2.47. The molecule has 1 atom stereocenters. The van der Waals surface area contributed by atoms with Gasteiger partial charge in [0.05, 0.1) is 12.8 Å². The van der Waals surface area contributed by atoms with E-state index < -0.39 is 30.5 Å². The predicted octanol–water partition coefficient (Wildman–Crippen LogP) is 5.35. The van der Waals surface area contributed by atoms with Gasteiger partial charge in [0.15, 0.2) is 0 Å². The number of methoxy groups -OCH3 is 1. The molecule has 0 spiro atoms. The van der Waals surface area contributed by atoms with Gasteiger partial charge in [-0.05, 0) is 62.3 Å². The Morgan fingerprint density at radius 3 is 1.97 bits per heavy atom. The zero-order chi connectivity index (χ0) is 27.8. The van der Waals surface area contributed by atoms with E-state index in [9.17, 15) is 14.4 Å². The van der Waals surface area contributed by atoms with E-state index >= 15 is 0 Å². The molecule has 212 valence electrons. The Bertz CT molecular complexity index is 862. The molecule has 38 heavy (non-hydrogen) atoms. The molecule has 1 aromatic carbocycles. The molecule has 10 heteroatoms. The summed E-state index contributed by atoms with van der Waals surface area (Å²) in [6.45, 7) is 3.24. The van der Waals surface area contributed by atoms with Gasteiger partial charge in [-0.2, -0.15) is 0 Å². The lowest BCUT2D eigenvalue weighted by atomic mass is 9.91. The lowest BCUT2D eigenvalue weighted by Gasteiger charge is -2.30. The zero-order valence-electron chi connectivity index (χ0n) is 23.1. The number of rotatable bonds is 10. The number of urea groups is 1. The fourth-order valence-corrected chi connectivity index (χ4v) is 4.79. The van der Waals surface area contributed by atoms with Crippen molar-refractivity contribution < 1.29 is 24.2 Å². The van der Waals surface area contributed by atoms with Crippen molar-refractivity contribution >= 4 is 23.6 Å². The minimum Gasteiger partial charge on any atom is -0.497 e. The molecule has 2 aliphatic rings. The first-order valence-corrected chi connectivity index (χ1v) is 13.9. The minimum atomic E-state index is -1.16. The maximum Gasteiger partial charge on any atom is 0.360 e. The molecular formula is C28H45N5O5. The van der Waals surface area contributed by atoms with E-state index in [4.69, 9.17) is 9.84 Å². The summed E-state index contributed by atoms with van der Waals surface area (Å²) in [5, 5.41) is 24.4. The van der Waals surface area contributed by atoms with Crippen LogP contribution in [0.3, 0.4) is 0 Å². The summed E-state index contributed by atoms with van der Waals surface area (Å²) in [7, 11) is 1.54. The third-order valence-electron chi connectivity index (χ3n) is 6.75. The molecule has 2 fully saturated rings. The highest BCUT2D eigenvalue weighted by Crippen LogP contribution is 2.22. The standard InChI is InChI=1S/C16H22N4O5.C12H23N/c1-10(2)8-13(15(23)17-9-14(21)22)18-16(24)20-19-11-4-6-12(25-3)7-5-11;1-3-7-11(8-4-1)13-12-9-5-2-6-10-12/h4-7,10,13H,8-9H2,1-3H3,(H,17,23)(H,18,24)(H,21,22);11-13H,1-10H2. The number of carbonyl (C=O) groups is 3. The average Bonchev–Trinajstić information content (AvgIpc) is 2.91. The Hall–Kier alpha value is -3.01. The number of amides is 3. The van der Waals surface area contributed by atoms with Crippen molar-refractivity contribution in [3.8, 4) is 5.75 Å². The molecule has 0 bridgehead atoms. The molecule has 2 saturated carbocycles. The van der Waals surface area contributed by atoms with E-state index in [1.807, 2.05) is 13.8 Å². The van der Waals surface area contributed by atoms with E-state index in [2.05, 4.69) is 26.2 Å². The highest BCUT2D eigenvalue weighted by atomic mass is 16.5. The molecule has 2 aliphatic carbocycles. The molecule has 3 rings (SSSR count). The third kappa shape index (κ3) is 13.0. The highest BCUT2D eigenvalue weighted by Gasteiger charge is 2.22. The number of hydrogen-bond acceptors (Lipinski definition) is 6. The number of carboxylic acid groups (broad SMARTS) is 1. The molecule has 3 amide bonds. The summed E-state index contributed by atoms with van der Waals surface area (Å²) in [6.07, 6.45) is 14.9. The van der Waals surface area contributed by atoms with Gasteiger partial charge in [-0.3, -0.25) is 9.59 Å². The highest BCUT2D eigenvalue weighted by molar-refractivity contribution is 5.89. The first-order chi connectivity index (χ1) is 18.3. The fraction of sp³-hybridized carbons (Fsp3) is 0.679. The topological polar surface area (TPSA) is 141 Å². The van der Waals surface area contributed by atoms with Crippen LogP contribution in [0.25, 0.3) is 0 Å². The van der Waals surface area contributed by atoms with Crippen LogP contribution in [-0.2, 0) is 9.59 Å². The number of nitrogens with one attached hydrogen (secondary N) is 3. The fourth-order valence-electron chi connectivity index (χ4n) is 4.79. The van der Waals surface area contributed by atoms with Crippen LogP contribution >= 0.6 is 0 Å². The number of carbonyl (C=O) groups excluding carboxylic acids is 2. The monoisotopic (exact) mass is 531 g/mol. The van der Waals surface area contributed by atoms with Gasteiger partial charge < -0.3 is 25.8 Å². The Balaban J connectivity index is 0.000000323. The first kappa shape index (κ1) is 31.2. The van der Waals surface area contributed by atoms with E-state index in [1.165, 1.54) is 71.3 Å². The van der Waals surface area contributed by atoms with Crippen molar-refractivity contribution in [1.29, 1.82) is 0 Å². The Labute approximate surface area is 226 Å². The first-order valence-electron chi connectivity index (χ1n) is 13.9. The van der Waals surface area contributed by atoms with E-state index in [-0.39, 0.29) is 5.92 Å². The largest absolute Gasteiger partial charge is 0.497 e. The second kappa shape index (κ2) is 17.5. The normalized spacial score (nSPS) is 17.4. The maximum atomic E-state index is 12.0. The average molecular weight is 532 g/mol. The number of azo groups is 1.